The Labute approximate surface area is 120 Å². The SMILES string of the molecule is Cc1c(CNC(=O)C(C)(C)N2CCNCC2)cnn1C. The Kier molecular flexibility index (Phi) is 4.45. The Bertz CT molecular complexity index is 474. The second-order valence-electron chi connectivity index (χ2n) is 5.86. The molecular weight excluding hydrogens is 254 g/mol. The molecule has 1 fully saturated rings. The van der Waals surface area contributed by atoms with Crippen LogP contribution < -0.4 is 10.6 Å². The van der Waals surface area contributed by atoms with Gasteiger partial charge in [0.1, 0.15) is 0 Å². The van der Waals surface area contributed by atoms with Gasteiger partial charge in [-0.05, 0) is 20.8 Å². The molecule has 20 heavy (non-hydrogen) atoms. The van der Waals surface area contributed by atoms with Crippen molar-refractivity contribution in [3.05, 3.63) is 17.5 Å². The summed E-state index contributed by atoms with van der Waals surface area (Å²) in [7, 11) is 1.91. The maximum atomic E-state index is 12.5. The van der Waals surface area contributed by atoms with Crippen LogP contribution in [0.4, 0.5) is 0 Å². The fourth-order valence-corrected chi connectivity index (χ4v) is 2.48. The summed E-state index contributed by atoms with van der Waals surface area (Å²) in [6.45, 7) is 10.2. The second kappa shape index (κ2) is 5.93. The predicted molar refractivity (Wildman–Crippen MR) is 78.3 cm³/mol. The van der Waals surface area contributed by atoms with Crippen LogP contribution in [0.15, 0.2) is 6.20 Å². The fourth-order valence-electron chi connectivity index (χ4n) is 2.48. The molecule has 2 N–H and O–H groups in total. The first kappa shape index (κ1) is 15.0. The van der Waals surface area contributed by atoms with Crippen molar-refractivity contribution in [3.8, 4) is 0 Å². The zero-order valence-electron chi connectivity index (χ0n) is 12.9. The summed E-state index contributed by atoms with van der Waals surface area (Å²) in [6.07, 6.45) is 1.81. The van der Waals surface area contributed by atoms with E-state index in [0.29, 0.717) is 6.54 Å². The Morgan fingerprint density at radius 2 is 2.10 bits per heavy atom. The van der Waals surface area contributed by atoms with Crippen molar-refractivity contribution in [3.63, 3.8) is 0 Å². The maximum absolute atomic E-state index is 12.5. The van der Waals surface area contributed by atoms with Gasteiger partial charge in [-0.15, -0.1) is 0 Å². The van der Waals surface area contributed by atoms with E-state index in [1.54, 1.807) is 0 Å². The van der Waals surface area contributed by atoms with E-state index in [0.717, 1.165) is 37.4 Å². The van der Waals surface area contributed by atoms with Crippen LogP contribution in [0.1, 0.15) is 25.1 Å². The molecule has 1 aliphatic rings. The van der Waals surface area contributed by atoms with Gasteiger partial charge in [0.25, 0.3) is 0 Å². The monoisotopic (exact) mass is 279 g/mol. The molecule has 1 aromatic heterocycles. The van der Waals surface area contributed by atoms with Gasteiger partial charge >= 0.3 is 0 Å². The molecule has 0 atom stereocenters. The number of nitrogens with zero attached hydrogens (tertiary/aromatic N) is 3. The third-order valence-electron chi connectivity index (χ3n) is 4.24. The van der Waals surface area contributed by atoms with Crippen LogP contribution in [-0.2, 0) is 18.4 Å². The van der Waals surface area contributed by atoms with Gasteiger partial charge in [-0.2, -0.15) is 5.10 Å². The van der Waals surface area contributed by atoms with Crippen molar-refractivity contribution in [1.29, 1.82) is 0 Å². The van der Waals surface area contributed by atoms with Gasteiger partial charge in [0.05, 0.1) is 11.7 Å². The van der Waals surface area contributed by atoms with E-state index >= 15 is 0 Å². The van der Waals surface area contributed by atoms with Gasteiger partial charge in [0.15, 0.2) is 0 Å². The van der Waals surface area contributed by atoms with Gasteiger partial charge in [-0.25, -0.2) is 0 Å². The van der Waals surface area contributed by atoms with Crippen molar-refractivity contribution >= 4 is 5.91 Å². The van der Waals surface area contributed by atoms with Crippen LogP contribution in [-0.4, -0.2) is 52.3 Å². The molecule has 0 spiro atoms. The summed E-state index contributed by atoms with van der Waals surface area (Å²) in [5.74, 6) is 0.0719. The van der Waals surface area contributed by atoms with Crippen LogP contribution in [0.2, 0.25) is 0 Å². The van der Waals surface area contributed by atoms with Crippen LogP contribution in [0.25, 0.3) is 0 Å². The summed E-state index contributed by atoms with van der Waals surface area (Å²) < 4.78 is 1.82. The highest BCUT2D eigenvalue weighted by molar-refractivity contribution is 5.85. The minimum Gasteiger partial charge on any atom is -0.350 e. The van der Waals surface area contributed by atoms with Crippen LogP contribution in [0.3, 0.4) is 0 Å². The van der Waals surface area contributed by atoms with Crippen molar-refractivity contribution < 1.29 is 4.79 Å². The number of carbonyl (C=O) groups excluding carboxylic acids is 1. The van der Waals surface area contributed by atoms with Crippen molar-refractivity contribution in [2.45, 2.75) is 32.9 Å². The molecule has 0 radical (unpaired) electrons. The molecule has 1 saturated heterocycles. The fraction of sp³-hybridized carbons (Fsp3) is 0.714. The molecule has 0 saturated carbocycles. The number of hydrogen-bond acceptors (Lipinski definition) is 4. The summed E-state index contributed by atoms with van der Waals surface area (Å²) in [4.78, 5) is 14.7. The molecule has 1 amide bonds. The molecule has 2 rings (SSSR count). The molecule has 112 valence electrons. The molecular formula is C14H25N5O. The van der Waals surface area contributed by atoms with E-state index in [1.807, 2.05) is 38.7 Å². The largest absolute Gasteiger partial charge is 0.350 e. The van der Waals surface area contributed by atoms with Crippen molar-refractivity contribution in [2.75, 3.05) is 26.2 Å². The van der Waals surface area contributed by atoms with E-state index < -0.39 is 5.54 Å². The van der Waals surface area contributed by atoms with Gasteiger partial charge in [0, 0.05) is 51.0 Å². The first-order chi connectivity index (χ1) is 9.43. The molecule has 6 nitrogen and oxygen atoms in total. The van der Waals surface area contributed by atoms with E-state index in [2.05, 4.69) is 20.6 Å². The average Bonchev–Trinajstić information content (AvgIpc) is 2.77. The number of amides is 1. The molecule has 0 aromatic carbocycles. The lowest BCUT2D eigenvalue weighted by atomic mass is 10.0. The first-order valence-electron chi connectivity index (χ1n) is 7.14. The lowest BCUT2D eigenvalue weighted by molar-refractivity contribution is -0.132. The van der Waals surface area contributed by atoms with E-state index in [9.17, 15) is 4.79 Å². The molecule has 6 heteroatoms. The number of hydrogen-bond donors (Lipinski definition) is 2. The minimum atomic E-state index is -0.474. The maximum Gasteiger partial charge on any atom is 0.240 e. The molecule has 0 bridgehead atoms. The van der Waals surface area contributed by atoms with Gasteiger partial charge in [-0.3, -0.25) is 14.4 Å². The standard InChI is InChI=1S/C14H25N5O/c1-11-12(10-17-18(11)4)9-16-13(20)14(2,3)19-7-5-15-6-8-19/h10,15H,5-9H2,1-4H3,(H,16,20). The van der Waals surface area contributed by atoms with Gasteiger partial charge < -0.3 is 10.6 Å². The lowest BCUT2D eigenvalue weighted by Crippen LogP contribution is -2.59. The van der Waals surface area contributed by atoms with Crippen LogP contribution >= 0.6 is 0 Å². The quantitative estimate of drug-likeness (QED) is 0.816. The zero-order valence-corrected chi connectivity index (χ0v) is 12.9. The highest BCUT2D eigenvalue weighted by atomic mass is 16.2. The Balaban J connectivity index is 1.94. The highest BCUT2D eigenvalue weighted by Gasteiger charge is 2.34. The molecule has 2 heterocycles. The Morgan fingerprint density at radius 3 is 2.65 bits per heavy atom. The highest BCUT2D eigenvalue weighted by Crippen LogP contribution is 2.16. The predicted octanol–water partition coefficient (Wildman–Crippen LogP) is 0.0285. The number of aromatic nitrogens is 2. The zero-order chi connectivity index (χ0) is 14.8. The number of carbonyl (C=O) groups is 1. The Morgan fingerprint density at radius 1 is 1.45 bits per heavy atom. The molecule has 0 aliphatic carbocycles. The number of piperazine rings is 1. The summed E-state index contributed by atoms with van der Waals surface area (Å²) in [5, 5.41) is 10.5. The first-order valence-corrected chi connectivity index (χ1v) is 7.14. The van der Waals surface area contributed by atoms with E-state index in [1.165, 1.54) is 0 Å². The summed E-state index contributed by atoms with van der Waals surface area (Å²) in [6, 6.07) is 0. The molecule has 1 aromatic rings. The second-order valence-corrected chi connectivity index (χ2v) is 5.86. The third kappa shape index (κ3) is 3.02. The molecule has 0 unspecified atom stereocenters. The lowest BCUT2D eigenvalue weighted by Gasteiger charge is -2.39. The van der Waals surface area contributed by atoms with Gasteiger partial charge in [-0.1, -0.05) is 0 Å². The summed E-state index contributed by atoms with van der Waals surface area (Å²) >= 11 is 0. The number of aryl methyl sites for hydroxylation is 1. The minimum absolute atomic E-state index is 0.0719. The van der Waals surface area contributed by atoms with Crippen molar-refractivity contribution in [2.24, 2.45) is 7.05 Å². The smallest absolute Gasteiger partial charge is 0.240 e. The van der Waals surface area contributed by atoms with Crippen molar-refractivity contribution in [1.82, 2.24) is 25.3 Å². The topological polar surface area (TPSA) is 62.2 Å². The van der Waals surface area contributed by atoms with Crippen LogP contribution in [0, 0.1) is 6.92 Å². The van der Waals surface area contributed by atoms with E-state index in [4.69, 9.17) is 0 Å². The molecule has 1 aliphatic heterocycles. The normalized spacial score (nSPS) is 17.2. The summed E-state index contributed by atoms with van der Waals surface area (Å²) in [5.41, 5.74) is 1.68. The number of nitrogens with one attached hydrogen (secondary N) is 2. The third-order valence-corrected chi connectivity index (χ3v) is 4.24. The number of rotatable bonds is 4. The van der Waals surface area contributed by atoms with E-state index in [-0.39, 0.29) is 5.91 Å². The average molecular weight is 279 g/mol. The van der Waals surface area contributed by atoms with Gasteiger partial charge in [0.2, 0.25) is 5.91 Å². The van der Waals surface area contributed by atoms with Crippen LogP contribution in [0.5, 0.6) is 0 Å². The Hall–Kier alpha value is -1.40.